The number of carbonyl (C=O) groups excluding carboxylic acids is 1. The van der Waals surface area contributed by atoms with Gasteiger partial charge in [-0.1, -0.05) is 12.1 Å². The summed E-state index contributed by atoms with van der Waals surface area (Å²) in [4.78, 5) is 19.5. The predicted octanol–water partition coefficient (Wildman–Crippen LogP) is -0.954. The van der Waals surface area contributed by atoms with Gasteiger partial charge in [0.15, 0.2) is 18.2 Å². The summed E-state index contributed by atoms with van der Waals surface area (Å²) >= 11 is 0. The number of nitrogens with zero attached hydrogens (tertiary/aromatic N) is 2. The normalized spacial score (nSPS) is 10.2. The fourth-order valence-electron chi connectivity index (χ4n) is 2.08. The molecule has 1 aromatic carbocycles. The van der Waals surface area contributed by atoms with Gasteiger partial charge in [0.1, 0.15) is 0 Å². The van der Waals surface area contributed by atoms with E-state index in [9.17, 15) is 4.79 Å². The highest BCUT2D eigenvalue weighted by atomic mass is 35.5. The lowest BCUT2D eigenvalue weighted by Crippen LogP contribution is -3.00. The zero-order valence-corrected chi connectivity index (χ0v) is 11.8. The molecule has 0 amide bonds. The SMILES string of the molecule is Cc1ccc[n+](CC(=O)c2nc3ccccc3[nH]2)c1.[Cl-]. The fourth-order valence-corrected chi connectivity index (χ4v) is 2.08. The van der Waals surface area contributed by atoms with E-state index in [2.05, 4.69) is 9.97 Å². The van der Waals surface area contributed by atoms with E-state index in [0.717, 1.165) is 16.6 Å². The molecule has 20 heavy (non-hydrogen) atoms. The Labute approximate surface area is 122 Å². The van der Waals surface area contributed by atoms with Crippen LogP contribution in [-0.2, 0) is 6.54 Å². The first kappa shape index (κ1) is 14.2. The molecule has 0 bridgehead atoms. The Morgan fingerprint density at radius 3 is 2.80 bits per heavy atom. The highest BCUT2D eigenvalue weighted by Gasteiger charge is 2.16. The van der Waals surface area contributed by atoms with Crippen LogP contribution in [0.4, 0.5) is 0 Å². The summed E-state index contributed by atoms with van der Waals surface area (Å²) in [5.41, 5.74) is 2.83. The van der Waals surface area contributed by atoms with E-state index < -0.39 is 0 Å². The van der Waals surface area contributed by atoms with Crippen molar-refractivity contribution in [3.05, 3.63) is 60.2 Å². The van der Waals surface area contributed by atoms with Gasteiger partial charge in [-0.2, -0.15) is 4.57 Å². The molecule has 0 aliphatic rings. The Morgan fingerprint density at radius 2 is 2.05 bits per heavy atom. The third kappa shape index (κ3) is 2.86. The molecule has 0 fully saturated rings. The van der Waals surface area contributed by atoms with Crippen molar-refractivity contribution in [3.63, 3.8) is 0 Å². The van der Waals surface area contributed by atoms with Gasteiger partial charge in [-0.25, -0.2) is 4.98 Å². The summed E-state index contributed by atoms with van der Waals surface area (Å²) in [6.07, 6.45) is 3.83. The highest BCUT2D eigenvalue weighted by molar-refractivity contribution is 5.94. The maximum absolute atomic E-state index is 12.2. The number of ketones is 1. The summed E-state index contributed by atoms with van der Waals surface area (Å²) in [5.74, 6) is 0.391. The van der Waals surface area contributed by atoms with Gasteiger partial charge in [0.2, 0.25) is 6.54 Å². The topological polar surface area (TPSA) is 49.6 Å². The molecular formula is C15H14ClN3O. The van der Waals surface area contributed by atoms with Gasteiger partial charge < -0.3 is 17.4 Å². The number of hydrogen-bond donors (Lipinski definition) is 1. The lowest BCUT2D eigenvalue weighted by molar-refractivity contribution is -0.683. The molecule has 102 valence electrons. The molecule has 3 rings (SSSR count). The van der Waals surface area contributed by atoms with Crippen LogP contribution in [0.1, 0.15) is 16.2 Å². The molecule has 5 heteroatoms. The second-order valence-electron chi connectivity index (χ2n) is 4.58. The van der Waals surface area contributed by atoms with Crippen molar-refractivity contribution < 1.29 is 21.8 Å². The summed E-state index contributed by atoms with van der Waals surface area (Å²) < 4.78 is 1.87. The smallest absolute Gasteiger partial charge is 0.262 e. The van der Waals surface area contributed by atoms with Gasteiger partial charge in [0, 0.05) is 11.6 Å². The molecule has 0 atom stereocenters. The predicted molar refractivity (Wildman–Crippen MR) is 71.8 cm³/mol. The molecule has 2 aromatic heterocycles. The number of Topliss-reactive ketones (excluding diaryl/α,β-unsaturated/α-hetero) is 1. The number of rotatable bonds is 3. The lowest BCUT2D eigenvalue weighted by Gasteiger charge is -1.95. The zero-order chi connectivity index (χ0) is 13.2. The van der Waals surface area contributed by atoms with Gasteiger partial charge >= 0.3 is 0 Å². The average Bonchev–Trinajstić information content (AvgIpc) is 2.82. The molecule has 2 heterocycles. The second-order valence-corrected chi connectivity index (χ2v) is 4.58. The number of para-hydroxylation sites is 2. The molecule has 0 aliphatic carbocycles. The van der Waals surface area contributed by atoms with E-state index in [1.807, 2.05) is 60.3 Å². The van der Waals surface area contributed by atoms with Gasteiger partial charge in [0.05, 0.1) is 11.0 Å². The van der Waals surface area contributed by atoms with E-state index >= 15 is 0 Å². The average molecular weight is 288 g/mol. The van der Waals surface area contributed by atoms with Gasteiger partial charge in [-0.3, -0.25) is 4.79 Å². The number of fused-ring (bicyclic) bond motifs is 1. The minimum Gasteiger partial charge on any atom is -1.00 e. The van der Waals surface area contributed by atoms with E-state index in [1.165, 1.54) is 0 Å². The van der Waals surface area contributed by atoms with Crippen LogP contribution in [0, 0.1) is 6.92 Å². The monoisotopic (exact) mass is 287 g/mol. The van der Waals surface area contributed by atoms with Crippen molar-refractivity contribution in [1.29, 1.82) is 0 Å². The Balaban J connectivity index is 0.00000147. The molecule has 0 radical (unpaired) electrons. The number of benzene rings is 1. The zero-order valence-electron chi connectivity index (χ0n) is 11.0. The van der Waals surface area contributed by atoms with Crippen LogP contribution in [0.25, 0.3) is 11.0 Å². The standard InChI is InChI=1S/C15H13N3O.ClH/c1-11-5-4-8-18(9-11)10-14(19)15-16-12-6-2-3-7-13(12)17-15;/h2-9H,10H2,1H3;1H. The van der Waals surface area contributed by atoms with E-state index in [-0.39, 0.29) is 18.2 Å². The second kappa shape index (κ2) is 5.84. The quantitative estimate of drug-likeness (QED) is 0.499. The van der Waals surface area contributed by atoms with Crippen LogP contribution in [-0.4, -0.2) is 15.8 Å². The first-order valence-electron chi connectivity index (χ1n) is 6.16. The molecule has 0 unspecified atom stereocenters. The number of aromatic nitrogens is 3. The van der Waals surface area contributed by atoms with Gasteiger partial charge in [0.25, 0.3) is 5.78 Å². The summed E-state index contributed by atoms with van der Waals surface area (Å²) in [6.45, 7) is 2.30. The first-order chi connectivity index (χ1) is 9.22. The number of carbonyl (C=O) groups is 1. The van der Waals surface area contributed by atoms with E-state index in [1.54, 1.807) is 0 Å². The number of nitrogens with one attached hydrogen (secondary N) is 1. The lowest BCUT2D eigenvalue weighted by atomic mass is 10.3. The maximum atomic E-state index is 12.2. The molecule has 4 nitrogen and oxygen atoms in total. The van der Waals surface area contributed by atoms with Gasteiger partial charge in [-0.15, -0.1) is 0 Å². The van der Waals surface area contributed by atoms with Crippen LogP contribution < -0.4 is 17.0 Å². The molecule has 0 saturated heterocycles. The Morgan fingerprint density at radius 1 is 1.25 bits per heavy atom. The Hall–Kier alpha value is -2.20. The number of H-pyrrole nitrogens is 1. The van der Waals surface area contributed by atoms with Crippen LogP contribution >= 0.6 is 0 Å². The van der Waals surface area contributed by atoms with Crippen molar-refractivity contribution in [2.24, 2.45) is 0 Å². The third-order valence-corrected chi connectivity index (χ3v) is 2.99. The molecule has 3 aromatic rings. The summed E-state index contributed by atoms with van der Waals surface area (Å²) in [6, 6.07) is 11.6. The molecule has 0 spiro atoms. The number of hydrogen-bond acceptors (Lipinski definition) is 2. The fraction of sp³-hybridized carbons (Fsp3) is 0.133. The van der Waals surface area contributed by atoms with Crippen molar-refractivity contribution in [2.75, 3.05) is 0 Å². The number of pyridine rings is 1. The molecular weight excluding hydrogens is 274 g/mol. The largest absolute Gasteiger partial charge is 1.00 e. The van der Waals surface area contributed by atoms with Crippen molar-refractivity contribution in [3.8, 4) is 0 Å². The van der Waals surface area contributed by atoms with Crippen molar-refractivity contribution >= 4 is 16.8 Å². The third-order valence-electron chi connectivity index (χ3n) is 2.99. The van der Waals surface area contributed by atoms with Crippen LogP contribution in [0.3, 0.4) is 0 Å². The highest BCUT2D eigenvalue weighted by Crippen LogP contribution is 2.10. The maximum Gasteiger partial charge on any atom is 0.262 e. The van der Waals surface area contributed by atoms with Crippen LogP contribution in [0.2, 0.25) is 0 Å². The minimum atomic E-state index is -0.0215. The van der Waals surface area contributed by atoms with E-state index in [0.29, 0.717) is 12.4 Å². The number of halogens is 1. The van der Waals surface area contributed by atoms with Crippen molar-refractivity contribution in [1.82, 2.24) is 9.97 Å². The van der Waals surface area contributed by atoms with Crippen LogP contribution in [0.15, 0.2) is 48.8 Å². The summed E-state index contributed by atoms with van der Waals surface area (Å²) in [7, 11) is 0. The Kier molecular flexibility index (Phi) is 4.15. The van der Waals surface area contributed by atoms with Crippen LogP contribution in [0.5, 0.6) is 0 Å². The number of aromatic amines is 1. The van der Waals surface area contributed by atoms with Crippen molar-refractivity contribution in [2.45, 2.75) is 13.5 Å². The molecule has 0 saturated carbocycles. The van der Waals surface area contributed by atoms with E-state index in [4.69, 9.17) is 0 Å². The van der Waals surface area contributed by atoms with Gasteiger partial charge in [-0.05, 0) is 25.1 Å². The number of aryl methyl sites for hydroxylation is 1. The number of imidazole rings is 1. The summed E-state index contributed by atoms with van der Waals surface area (Å²) in [5, 5.41) is 0. The molecule has 0 aliphatic heterocycles. The molecule has 1 N–H and O–H groups in total. The first-order valence-corrected chi connectivity index (χ1v) is 6.16. The Bertz CT molecular complexity index is 718. The minimum absolute atomic E-state index is 0.